The lowest BCUT2D eigenvalue weighted by atomic mass is 10.1. The third-order valence-electron chi connectivity index (χ3n) is 3.35. The summed E-state index contributed by atoms with van der Waals surface area (Å²) >= 11 is 0. The summed E-state index contributed by atoms with van der Waals surface area (Å²) in [5, 5.41) is 6.73. The number of amides is 6. The van der Waals surface area contributed by atoms with Crippen molar-refractivity contribution < 1.29 is 33.1 Å². The van der Waals surface area contributed by atoms with Gasteiger partial charge in [-0.25, -0.2) is 9.59 Å². The summed E-state index contributed by atoms with van der Waals surface area (Å²) in [6.07, 6.45) is 1.44. The molecule has 6 amide bonds. The molecule has 0 spiro atoms. The van der Waals surface area contributed by atoms with Crippen molar-refractivity contribution in [2.24, 2.45) is 0 Å². The standard InChI is InChI=1S/C15H18N4O7/c1-15(2)12(22)19(14(24)18-15)7-11(21)26-8-10(20)17-13(23)16-6-9-4-3-5-25-9/h3-5H,6-8H2,1-2H3,(H,18,24)(H2,16,17,20,23). The third-order valence-corrected chi connectivity index (χ3v) is 3.35. The number of carbonyl (C=O) groups excluding carboxylic acids is 5. The minimum atomic E-state index is -1.11. The number of hydrogen-bond acceptors (Lipinski definition) is 7. The van der Waals surface area contributed by atoms with E-state index in [-0.39, 0.29) is 6.54 Å². The molecule has 0 atom stereocenters. The molecule has 0 aromatic carbocycles. The maximum Gasteiger partial charge on any atom is 0.326 e. The van der Waals surface area contributed by atoms with E-state index in [2.05, 4.69) is 15.4 Å². The normalized spacial score (nSPS) is 15.4. The minimum Gasteiger partial charge on any atom is -0.467 e. The van der Waals surface area contributed by atoms with Crippen molar-refractivity contribution in [1.82, 2.24) is 20.9 Å². The third kappa shape index (κ3) is 4.82. The van der Waals surface area contributed by atoms with Gasteiger partial charge in [-0.05, 0) is 26.0 Å². The number of hydrogen-bond donors (Lipinski definition) is 3. The Morgan fingerprint density at radius 1 is 1.31 bits per heavy atom. The van der Waals surface area contributed by atoms with E-state index in [9.17, 15) is 24.0 Å². The maximum atomic E-state index is 11.9. The summed E-state index contributed by atoms with van der Waals surface area (Å²) in [6, 6.07) is 1.77. The predicted octanol–water partition coefficient (Wildman–Crippen LogP) is -0.521. The van der Waals surface area contributed by atoms with Crippen LogP contribution >= 0.6 is 0 Å². The second-order valence-electron chi connectivity index (χ2n) is 5.92. The van der Waals surface area contributed by atoms with Crippen molar-refractivity contribution in [3.63, 3.8) is 0 Å². The van der Waals surface area contributed by atoms with Gasteiger partial charge in [-0.1, -0.05) is 0 Å². The van der Waals surface area contributed by atoms with Crippen LogP contribution in [0.15, 0.2) is 22.8 Å². The Kier molecular flexibility index (Phi) is 5.60. The fourth-order valence-electron chi connectivity index (χ4n) is 2.07. The van der Waals surface area contributed by atoms with Gasteiger partial charge < -0.3 is 19.8 Å². The van der Waals surface area contributed by atoms with Crippen LogP contribution in [0.1, 0.15) is 19.6 Å². The number of ether oxygens (including phenoxy) is 1. The van der Waals surface area contributed by atoms with Crippen LogP contribution in [0.3, 0.4) is 0 Å². The molecule has 140 valence electrons. The number of rotatable bonds is 6. The summed E-state index contributed by atoms with van der Waals surface area (Å²) in [4.78, 5) is 59.0. The van der Waals surface area contributed by atoms with E-state index in [1.165, 1.54) is 20.1 Å². The van der Waals surface area contributed by atoms with Crippen LogP contribution in [0, 0.1) is 0 Å². The van der Waals surface area contributed by atoms with Crippen molar-refractivity contribution in [3.05, 3.63) is 24.2 Å². The van der Waals surface area contributed by atoms with Gasteiger partial charge in [0.15, 0.2) is 6.61 Å². The van der Waals surface area contributed by atoms with Crippen LogP contribution in [0.5, 0.6) is 0 Å². The number of esters is 1. The van der Waals surface area contributed by atoms with Gasteiger partial charge in [0.25, 0.3) is 11.8 Å². The number of imide groups is 2. The van der Waals surface area contributed by atoms with E-state index in [4.69, 9.17) is 4.42 Å². The molecule has 0 bridgehead atoms. The van der Waals surface area contributed by atoms with Gasteiger partial charge in [-0.15, -0.1) is 0 Å². The Labute approximate surface area is 148 Å². The van der Waals surface area contributed by atoms with Gasteiger partial charge in [0.1, 0.15) is 17.8 Å². The van der Waals surface area contributed by atoms with Crippen LogP contribution in [0.25, 0.3) is 0 Å². The van der Waals surface area contributed by atoms with Crippen molar-refractivity contribution >= 4 is 29.8 Å². The maximum absolute atomic E-state index is 11.9. The van der Waals surface area contributed by atoms with E-state index in [1.807, 2.05) is 5.32 Å². The van der Waals surface area contributed by atoms with E-state index < -0.39 is 48.5 Å². The topological polar surface area (TPSA) is 147 Å². The molecule has 1 fully saturated rings. The lowest BCUT2D eigenvalue weighted by Crippen LogP contribution is -2.43. The predicted molar refractivity (Wildman–Crippen MR) is 84.4 cm³/mol. The summed E-state index contributed by atoms with van der Waals surface area (Å²) in [5.74, 6) is -1.91. The molecule has 1 aliphatic heterocycles. The number of furan rings is 1. The van der Waals surface area contributed by atoms with Crippen molar-refractivity contribution in [2.45, 2.75) is 25.9 Å². The molecule has 11 nitrogen and oxygen atoms in total. The van der Waals surface area contributed by atoms with Gasteiger partial charge in [0.2, 0.25) is 0 Å². The Bertz CT molecular complexity index is 726. The van der Waals surface area contributed by atoms with Crippen LogP contribution in [0.4, 0.5) is 9.59 Å². The highest BCUT2D eigenvalue weighted by Gasteiger charge is 2.45. The second kappa shape index (κ2) is 7.68. The molecule has 2 heterocycles. The molecular weight excluding hydrogens is 348 g/mol. The zero-order chi connectivity index (χ0) is 19.3. The molecule has 11 heteroatoms. The SMILES string of the molecule is CC1(C)NC(=O)N(CC(=O)OCC(=O)NC(=O)NCc2ccco2)C1=O. The Balaban J connectivity index is 1.70. The number of carbonyl (C=O) groups is 5. The number of nitrogens with zero attached hydrogens (tertiary/aromatic N) is 1. The van der Waals surface area contributed by atoms with Crippen LogP contribution < -0.4 is 16.0 Å². The molecule has 26 heavy (non-hydrogen) atoms. The zero-order valence-electron chi connectivity index (χ0n) is 14.2. The molecule has 2 rings (SSSR count). The van der Waals surface area contributed by atoms with Crippen LogP contribution in [-0.2, 0) is 25.7 Å². The highest BCUT2D eigenvalue weighted by atomic mass is 16.5. The monoisotopic (exact) mass is 366 g/mol. The quantitative estimate of drug-likeness (QED) is 0.453. The van der Waals surface area contributed by atoms with E-state index in [0.717, 1.165) is 0 Å². The van der Waals surface area contributed by atoms with E-state index in [1.54, 1.807) is 12.1 Å². The van der Waals surface area contributed by atoms with Gasteiger partial charge in [0, 0.05) is 0 Å². The Hall–Kier alpha value is -3.37. The fourth-order valence-corrected chi connectivity index (χ4v) is 2.07. The summed E-state index contributed by atoms with van der Waals surface area (Å²) < 4.78 is 9.66. The number of urea groups is 2. The Morgan fingerprint density at radius 3 is 2.62 bits per heavy atom. The molecule has 0 aliphatic carbocycles. The molecular formula is C15H18N4O7. The van der Waals surface area contributed by atoms with Gasteiger partial charge >= 0.3 is 18.0 Å². The largest absolute Gasteiger partial charge is 0.467 e. The molecule has 0 saturated carbocycles. The average molecular weight is 366 g/mol. The van der Waals surface area contributed by atoms with Crippen molar-refractivity contribution in [1.29, 1.82) is 0 Å². The lowest BCUT2D eigenvalue weighted by Gasteiger charge is -2.15. The van der Waals surface area contributed by atoms with Crippen LogP contribution in [-0.4, -0.2) is 53.4 Å². The van der Waals surface area contributed by atoms with E-state index >= 15 is 0 Å². The summed E-state index contributed by atoms with van der Waals surface area (Å²) in [6.45, 7) is 1.70. The first-order chi connectivity index (χ1) is 12.2. The summed E-state index contributed by atoms with van der Waals surface area (Å²) in [7, 11) is 0. The first-order valence-corrected chi connectivity index (χ1v) is 7.59. The fraction of sp³-hybridized carbons (Fsp3) is 0.400. The van der Waals surface area contributed by atoms with Crippen LogP contribution in [0.2, 0.25) is 0 Å². The molecule has 0 radical (unpaired) electrons. The molecule has 1 aromatic rings. The highest BCUT2D eigenvalue weighted by Crippen LogP contribution is 2.16. The average Bonchev–Trinajstić information content (AvgIpc) is 3.14. The highest BCUT2D eigenvalue weighted by molar-refractivity contribution is 6.08. The molecule has 1 aliphatic rings. The molecule has 3 N–H and O–H groups in total. The summed E-state index contributed by atoms with van der Waals surface area (Å²) in [5.41, 5.74) is -1.11. The van der Waals surface area contributed by atoms with Gasteiger partial charge in [-0.2, -0.15) is 0 Å². The van der Waals surface area contributed by atoms with Gasteiger partial charge in [0.05, 0.1) is 12.8 Å². The van der Waals surface area contributed by atoms with Crippen molar-refractivity contribution in [2.75, 3.05) is 13.2 Å². The first-order valence-electron chi connectivity index (χ1n) is 7.59. The lowest BCUT2D eigenvalue weighted by molar-refractivity contribution is -0.150. The van der Waals surface area contributed by atoms with Gasteiger partial charge in [-0.3, -0.25) is 24.6 Å². The minimum absolute atomic E-state index is 0.0773. The second-order valence-corrected chi connectivity index (χ2v) is 5.92. The Morgan fingerprint density at radius 2 is 2.04 bits per heavy atom. The smallest absolute Gasteiger partial charge is 0.326 e. The van der Waals surface area contributed by atoms with Crippen molar-refractivity contribution in [3.8, 4) is 0 Å². The zero-order valence-corrected chi connectivity index (χ0v) is 14.2. The molecule has 0 unspecified atom stereocenters. The molecule has 1 saturated heterocycles. The number of nitrogens with one attached hydrogen (secondary N) is 3. The van der Waals surface area contributed by atoms with E-state index in [0.29, 0.717) is 10.7 Å². The molecule has 1 aromatic heterocycles. The first kappa shape index (κ1) is 19.0.